The highest BCUT2D eigenvalue weighted by molar-refractivity contribution is 5.80. The summed E-state index contributed by atoms with van der Waals surface area (Å²) in [4.78, 5) is 11.4. The minimum Gasteiger partial charge on any atom is -0.494 e. The van der Waals surface area contributed by atoms with E-state index in [0.29, 0.717) is 13.2 Å². The zero-order valence-corrected chi connectivity index (χ0v) is 9.85. The van der Waals surface area contributed by atoms with E-state index in [1.807, 2.05) is 24.3 Å². The van der Waals surface area contributed by atoms with Gasteiger partial charge in [0.05, 0.1) is 12.1 Å². The number of nitrogens with two attached hydrogens (primary N) is 1. The number of aryl methyl sites for hydroxylation is 1. The van der Waals surface area contributed by atoms with Crippen LogP contribution in [-0.4, -0.2) is 17.7 Å². The summed E-state index contributed by atoms with van der Waals surface area (Å²) in [7, 11) is 1.76. The Morgan fingerprint density at radius 3 is 2.88 bits per heavy atom. The maximum absolute atomic E-state index is 11.4. The monoisotopic (exact) mass is 232 g/mol. The number of pyridine rings is 1. The van der Waals surface area contributed by atoms with Crippen LogP contribution in [-0.2, 0) is 7.05 Å². The fourth-order valence-corrected chi connectivity index (χ4v) is 1.73. The lowest BCUT2D eigenvalue weighted by Crippen LogP contribution is -2.14. The second-order valence-electron chi connectivity index (χ2n) is 3.94. The molecule has 0 saturated carbocycles. The SMILES string of the molecule is Cn1c(=O)ccc2cc(OCCCN)ccc21. The lowest BCUT2D eigenvalue weighted by molar-refractivity contribution is 0.314. The first-order chi connectivity index (χ1) is 8.22. The molecule has 1 aromatic carbocycles. The molecule has 17 heavy (non-hydrogen) atoms. The van der Waals surface area contributed by atoms with Crippen molar-refractivity contribution < 1.29 is 4.74 Å². The zero-order chi connectivity index (χ0) is 12.3. The van der Waals surface area contributed by atoms with Crippen molar-refractivity contribution in [3.8, 4) is 5.75 Å². The Kier molecular flexibility index (Phi) is 3.44. The Morgan fingerprint density at radius 2 is 2.12 bits per heavy atom. The lowest BCUT2D eigenvalue weighted by Gasteiger charge is -2.08. The topological polar surface area (TPSA) is 57.2 Å². The number of hydrogen-bond donors (Lipinski definition) is 1. The quantitative estimate of drug-likeness (QED) is 0.807. The summed E-state index contributed by atoms with van der Waals surface area (Å²) in [5.41, 5.74) is 6.30. The summed E-state index contributed by atoms with van der Waals surface area (Å²) in [5, 5.41) is 0.998. The Labute approximate surface area is 99.6 Å². The van der Waals surface area contributed by atoms with Crippen molar-refractivity contribution in [3.05, 3.63) is 40.7 Å². The predicted octanol–water partition coefficient (Wildman–Crippen LogP) is 1.27. The van der Waals surface area contributed by atoms with E-state index in [9.17, 15) is 4.79 Å². The van der Waals surface area contributed by atoms with Gasteiger partial charge in [-0.25, -0.2) is 0 Å². The number of rotatable bonds is 4. The first-order valence-corrected chi connectivity index (χ1v) is 5.65. The van der Waals surface area contributed by atoms with Gasteiger partial charge in [-0.3, -0.25) is 4.79 Å². The lowest BCUT2D eigenvalue weighted by atomic mass is 10.2. The molecule has 0 amide bonds. The Morgan fingerprint density at radius 1 is 1.29 bits per heavy atom. The van der Waals surface area contributed by atoms with E-state index in [1.165, 1.54) is 0 Å². The van der Waals surface area contributed by atoms with Crippen molar-refractivity contribution in [2.75, 3.05) is 13.2 Å². The van der Waals surface area contributed by atoms with Crippen LogP contribution >= 0.6 is 0 Å². The molecule has 1 heterocycles. The van der Waals surface area contributed by atoms with E-state index < -0.39 is 0 Å². The van der Waals surface area contributed by atoms with Crippen LogP contribution in [0.4, 0.5) is 0 Å². The fourth-order valence-electron chi connectivity index (χ4n) is 1.73. The Bertz CT molecular complexity index is 575. The van der Waals surface area contributed by atoms with Gasteiger partial charge in [0.1, 0.15) is 5.75 Å². The van der Waals surface area contributed by atoms with Crippen LogP contribution in [0.3, 0.4) is 0 Å². The summed E-state index contributed by atoms with van der Waals surface area (Å²) in [6, 6.07) is 9.08. The van der Waals surface area contributed by atoms with Crippen molar-refractivity contribution in [1.29, 1.82) is 0 Å². The number of aromatic nitrogens is 1. The third kappa shape index (κ3) is 2.47. The van der Waals surface area contributed by atoms with Crippen molar-refractivity contribution >= 4 is 10.9 Å². The summed E-state index contributed by atoms with van der Waals surface area (Å²) < 4.78 is 7.18. The second-order valence-corrected chi connectivity index (χ2v) is 3.94. The molecule has 4 nitrogen and oxygen atoms in total. The van der Waals surface area contributed by atoms with E-state index in [1.54, 1.807) is 17.7 Å². The van der Waals surface area contributed by atoms with Crippen molar-refractivity contribution in [1.82, 2.24) is 4.57 Å². The molecule has 0 atom stereocenters. The van der Waals surface area contributed by atoms with E-state index in [2.05, 4.69) is 0 Å². The van der Waals surface area contributed by atoms with Gasteiger partial charge in [0.15, 0.2) is 0 Å². The van der Waals surface area contributed by atoms with E-state index in [4.69, 9.17) is 10.5 Å². The van der Waals surface area contributed by atoms with Gasteiger partial charge in [0, 0.05) is 18.5 Å². The summed E-state index contributed by atoms with van der Waals surface area (Å²) in [5.74, 6) is 0.810. The number of hydrogen-bond acceptors (Lipinski definition) is 3. The van der Waals surface area contributed by atoms with Crippen LogP contribution in [0.2, 0.25) is 0 Å². The number of benzene rings is 1. The van der Waals surface area contributed by atoms with E-state index in [-0.39, 0.29) is 5.56 Å². The Hall–Kier alpha value is -1.81. The number of ether oxygens (including phenoxy) is 1. The molecule has 90 valence electrons. The average molecular weight is 232 g/mol. The van der Waals surface area contributed by atoms with Gasteiger partial charge in [-0.2, -0.15) is 0 Å². The standard InChI is InChI=1S/C13H16N2O2/c1-15-12-5-4-11(17-8-2-7-14)9-10(12)3-6-13(15)16/h3-6,9H,2,7-8,14H2,1H3. The van der Waals surface area contributed by atoms with Crippen LogP contribution in [0.25, 0.3) is 10.9 Å². The molecule has 0 radical (unpaired) electrons. The molecule has 2 N–H and O–H groups in total. The average Bonchev–Trinajstić information content (AvgIpc) is 2.34. The largest absolute Gasteiger partial charge is 0.494 e. The van der Waals surface area contributed by atoms with Crippen molar-refractivity contribution in [3.63, 3.8) is 0 Å². The smallest absolute Gasteiger partial charge is 0.250 e. The molecule has 0 bridgehead atoms. The van der Waals surface area contributed by atoms with Crippen molar-refractivity contribution in [2.24, 2.45) is 12.8 Å². The van der Waals surface area contributed by atoms with Gasteiger partial charge in [0.2, 0.25) is 0 Å². The summed E-state index contributed by atoms with van der Waals surface area (Å²) >= 11 is 0. The normalized spacial score (nSPS) is 10.7. The highest BCUT2D eigenvalue weighted by Gasteiger charge is 2.01. The van der Waals surface area contributed by atoms with Crippen LogP contribution < -0.4 is 16.0 Å². The molecule has 4 heteroatoms. The molecule has 2 rings (SSSR count). The highest BCUT2D eigenvalue weighted by atomic mass is 16.5. The molecule has 0 aliphatic heterocycles. The minimum absolute atomic E-state index is 0.00528. The zero-order valence-electron chi connectivity index (χ0n) is 9.85. The number of fused-ring (bicyclic) bond motifs is 1. The Balaban J connectivity index is 2.32. The van der Waals surface area contributed by atoms with Crippen LogP contribution in [0.15, 0.2) is 35.1 Å². The minimum atomic E-state index is -0.00528. The van der Waals surface area contributed by atoms with Gasteiger partial charge >= 0.3 is 0 Å². The van der Waals surface area contributed by atoms with Gasteiger partial charge in [-0.1, -0.05) is 0 Å². The molecule has 0 unspecified atom stereocenters. The third-order valence-electron chi connectivity index (χ3n) is 2.71. The van der Waals surface area contributed by atoms with Gasteiger partial charge in [-0.05, 0) is 37.2 Å². The predicted molar refractivity (Wildman–Crippen MR) is 68.4 cm³/mol. The first kappa shape index (κ1) is 11.7. The maximum atomic E-state index is 11.4. The van der Waals surface area contributed by atoms with Crippen LogP contribution in [0, 0.1) is 0 Å². The van der Waals surface area contributed by atoms with Gasteiger partial charge < -0.3 is 15.0 Å². The van der Waals surface area contributed by atoms with Gasteiger partial charge in [-0.15, -0.1) is 0 Å². The third-order valence-corrected chi connectivity index (χ3v) is 2.71. The van der Waals surface area contributed by atoms with E-state index in [0.717, 1.165) is 23.1 Å². The molecule has 0 saturated heterocycles. The fraction of sp³-hybridized carbons (Fsp3) is 0.308. The molecule has 0 aliphatic carbocycles. The summed E-state index contributed by atoms with van der Waals surface area (Å²) in [6.45, 7) is 1.25. The summed E-state index contributed by atoms with van der Waals surface area (Å²) in [6.07, 6.45) is 0.839. The van der Waals surface area contributed by atoms with E-state index >= 15 is 0 Å². The maximum Gasteiger partial charge on any atom is 0.250 e. The highest BCUT2D eigenvalue weighted by Crippen LogP contribution is 2.19. The molecular formula is C13H16N2O2. The van der Waals surface area contributed by atoms with Crippen LogP contribution in [0.5, 0.6) is 5.75 Å². The molecular weight excluding hydrogens is 216 g/mol. The second kappa shape index (κ2) is 5.01. The molecule has 2 aromatic rings. The number of nitrogens with zero attached hydrogens (tertiary/aromatic N) is 1. The molecule has 1 aromatic heterocycles. The molecule has 0 spiro atoms. The molecule has 0 fully saturated rings. The van der Waals surface area contributed by atoms with Crippen LogP contribution in [0.1, 0.15) is 6.42 Å². The first-order valence-electron chi connectivity index (χ1n) is 5.65. The van der Waals surface area contributed by atoms with Crippen molar-refractivity contribution in [2.45, 2.75) is 6.42 Å². The molecule has 0 aliphatic rings. The van der Waals surface area contributed by atoms with Gasteiger partial charge in [0.25, 0.3) is 5.56 Å².